The summed E-state index contributed by atoms with van der Waals surface area (Å²) < 4.78 is 26.4. The van der Waals surface area contributed by atoms with Crippen molar-refractivity contribution in [3.05, 3.63) is 40.9 Å². The number of nitrogens with zero attached hydrogens (tertiary/aromatic N) is 1. The molecule has 0 unspecified atom stereocenters. The molecule has 2 rings (SSSR count). The van der Waals surface area contributed by atoms with Crippen LogP contribution in [0.25, 0.3) is 10.6 Å². The van der Waals surface area contributed by atoms with E-state index in [0.29, 0.717) is 10.6 Å². The van der Waals surface area contributed by atoms with Gasteiger partial charge in [-0.15, -0.1) is 11.3 Å². The monoisotopic (exact) mass is 253 g/mol. The van der Waals surface area contributed by atoms with Crippen LogP contribution in [-0.2, 0) is 5.41 Å². The fourth-order valence-corrected chi connectivity index (χ4v) is 2.48. The summed E-state index contributed by atoms with van der Waals surface area (Å²) in [6, 6.07) is 3.56. The molecule has 1 nitrogen and oxygen atoms in total. The second-order valence-electron chi connectivity index (χ2n) is 4.91. The Kier molecular flexibility index (Phi) is 3.00. The van der Waals surface area contributed by atoms with Gasteiger partial charge < -0.3 is 0 Å². The fourth-order valence-electron chi connectivity index (χ4n) is 1.40. The maximum atomic E-state index is 13.6. The van der Waals surface area contributed by atoms with Crippen LogP contribution in [0, 0.1) is 11.6 Å². The summed E-state index contributed by atoms with van der Waals surface area (Å²) in [6.07, 6.45) is 0. The predicted octanol–water partition coefficient (Wildman–Crippen LogP) is 4.39. The van der Waals surface area contributed by atoms with E-state index in [1.54, 1.807) is 0 Å². The largest absolute Gasteiger partial charge is 0.240 e. The molecule has 0 aliphatic heterocycles. The maximum Gasteiger partial charge on any atom is 0.136 e. The molecule has 0 bridgehead atoms. The molecule has 90 valence electrons. The molecule has 0 fully saturated rings. The third-order valence-corrected chi connectivity index (χ3v) is 3.31. The zero-order valence-corrected chi connectivity index (χ0v) is 10.7. The lowest BCUT2D eigenvalue weighted by molar-refractivity contribution is 0.572. The van der Waals surface area contributed by atoms with Gasteiger partial charge in [-0.25, -0.2) is 13.8 Å². The Morgan fingerprint density at radius 1 is 1.18 bits per heavy atom. The van der Waals surface area contributed by atoms with E-state index in [1.165, 1.54) is 23.5 Å². The Bertz CT molecular complexity index is 541. The number of benzene rings is 1. The third-order valence-electron chi connectivity index (χ3n) is 2.43. The van der Waals surface area contributed by atoms with Crippen LogP contribution in [-0.4, -0.2) is 4.98 Å². The highest BCUT2D eigenvalue weighted by Crippen LogP contribution is 2.31. The number of thiazole rings is 1. The molecule has 17 heavy (non-hydrogen) atoms. The van der Waals surface area contributed by atoms with Gasteiger partial charge in [-0.05, 0) is 12.1 Å². The highest BCUT2D eigenvalue weighted by molar-refractivity contribution is 7.13. The maximum absolute atomic E-state index is 13.6. The van der Waals surface area contributed by atoms with E-state index < -0.39 is 11.6 Å². The predicted molar refractivity (Wildman–Crippen MR) is 66.2 cm³/mol. The molecule has 0 atom stereocenters. The molecule has 1 aromatic heterocycles. The molecule has 0 amide bonds. The molecule has 0 saturated carbocycles. The summed E-state index contributed by atoms with van der Waals surface area (Å²) in [4.78, 5) is 4.40. The first kappa shape index (κ1) is 12.2. The molecule has 0 radical (unpaired) electrons. The van der Waals surface area contributed by atoms with Gasteiger partial charge in [0.25, 0.3) is 0 Å². The quantitative estimate of drug-likeness (QED) is 0.734. The number of aromatic nitrogens is 1. The molecule has 0 aliphatic rings. The topological polar surface area (TPSA) is 12.9 Å². The summed E-state index contributed by atoms with van der Waals surface area (Å²) in [6.45, 7) is 6.15. The average molecular weight is 253 g/mol. The second kappa shape index (κ2) is 4.18. The van der Waals surface area contributed by atoms with E-state index in [2.05, 4.69) is 4.98 Å². The highest BCUT2D eigenvalue weighted by Gasteiger charge is 2.19. The van der Waals surface area contributed by atoms with Crippen LogP contribution < -0.4 is 0 Å². The molecule has 1 aromatic carbocycles. The Balaban J connectivity index is 2.44. The van der Waals surface area contributed by atoms with Crippen molar-refractivity contribution in [1.29, 1.82) is 0 Å². The molecule has 0 spiro atoms. The number of halogens is 2. The van der Waals surface area contributed by atoms with Gasteiger partial charge in [0.15, 0.2) is 0 Å². The minimum Gasteiger partial charge on any atom is -0.240 e. The van der Waals surface area contributed by atoms with Crippen LogP contribution in [0.2, 0.25) is 0 Å². The zero-order valence-electron chi connectivity index (χ0n) is 9.92. The van der Waals surface area contributed by atoms with E-state index in [9.17, 15) is 8.78 Å². The van der Waals surface area contributed by atoms with Crippen LogP contribution in [0.15, 0.2) is 23.6 Å². The molecule has 0 saturated heterocycles. The van der Waals surface area contributed by atoms with Crippen molar-refractivity contribution in [3.63, 3.8) is 0 Å². The van der Waals surface area contributed by atoms with Crippen LogP contribution in [0.1, 0.15) is 26.5 Å². The van der Waals surface area contributed by atoms with Crippen LogP contribution in [0.4, 0.5) is 8.78 Å². The molecule has 0 aliphatic carbocycles. The van der Waals surface area contributed by atoms with Gasteiger partial charge in [0.05, 0.1) is 5.69 Å². The average Bonchev–Trinajstić information content (AvgIpc) is 2.65. The number of rotatable bonds is 1. The van der Waals surface area contributed by atoms with Gasteiger partial charge >= 0.3 is 0 Å². The van der Waals surface area contributed by atoms with Gasteiger partial charge in [0.2, 0.25) is 0 Å². The Hall–Kier alpha value is -1.29. The van der Waals surface area contributed by atoms with E-state index >= 15 is 0 Å². The smallest absolute Gasteiger partial charge is 0.136 e. The molecule has 1 heterocycles. The lowest BCUT2D eigenvalue weighted by atomic mass is 9.93. The van der Waals surface area contributed by atoms with Crippen LogP contribution in [0.5, 0.6) is 0 Å². The summed E-state index contributed by atoms with van der Waals surface area (Å²) in [5.74, 6) is -1.14. The SMILES string of the molecule is CC(C)(C)c1csc(-c2ccc(F)cc2F)n1. The van der Waals surface area contributed by atoms with E-state index in [0.717, 1.165) is 11.8 Å². The first-order valence-electron chi connectivity index (χ1n) is 5.29. The third kappa shape index (κ3) is 2.52. The Morgan fingerprint density at radius 2 is 1.88 bits per heavy atom. The Labute approximate surface area is 103 Å². The highest BCUT2D eigenvalue weighted by atomic mass is 32.1. The van der Waals surface area contributed by atoms with Crippen molar-refractivity contribution in [2.45, 2.75) is 26.2 Å². The first-order chi connectivity index (χ1) is 7.88. The number of hydrogen-bond donors (Lipinski definition) is 0. The molecular weight excluding hydrogens is 240 g/mol. The van der Waals surface area contributed by atoms with Crippen molar-refractivity contribution in [2.75, 3.05) is 0 Å². The fraction of sp³-hybridized carbons (Fsp3) is 0.308. The number of hydrogen-bond acceptors (Lipinski definition) is 2. The van der Waals surface area contributed by atoms with E-state index in [4.69, 9.17) is 0 Å². The zero-order chi connectivity index (χ0) is 12.6. The van der Waals surface area contributed by atoms with Gasteiger partial charge in [-0.2, -0.15) is 0 Å². The summed E-state index contributed by atoms with van der Waals surface area (Å²) in [5.41, 5.74) is 1.21. The first-order valence-corrected chi connectivity index (χ1v) is 6.17. The van der Waals surface area contributed by atoms with E-state index in [-0.39, 0.29) is 5.41 Å². The molecule has 0 N–H and O–H groups in total. The molecular formula is C13H13F2NS. The van der Waals surface area contributed by atoms with Gasteiger partial charge in [0.1, 0.15) is 16.6 Å². The second-order valence-corrected chi connectivity index (χ2v) is 5.77. The summed E-state index contributed by atoms with van der Waals surface area (Å²) in [7, 11) is 0. The molecule has 2 aromatic rings. The van der Waals surface area contributed by atoms with E-state index in [1.807, 2.05) is 26.2 Å². The molecule has 4 heteroatoms. The van der Waals surface area contributed by atoms with Crippen LogP contribution in [0.3, 0.4) is 0 Å². The van der Waals surface area contributed by atoms with Crippen molar-refractivity contribution in [1.82, 2.24) is 4.98 Å². The minimum absolute atomic E-state index is 0.0642. The lowest BCUT2D eigenvalue weighted by Crippen LogP contribution is -2.11. The minimum atomic E-state index is -0.571. The summed E-state index contributed by atoms with van der Waals surface area (Å²) >= 11 is 1.38. The summed E-state index contributed by atoms with van der Waals surface area (Å²) in [5, 5.41) is 2.51. The normalized spacial score (nSPS) is 11.8. The van der Waals surface area contributed by atoms with Crippen molar-refractivity contribution in [3.8, 4) is 10.6 Å². The van der Waals surface area contributed by atoms with Gasteiger partial charge in [-0.1, -0.05) is 20.8 Å². The van der Waals surface area contributed by atoms with Gasteiger partial charge in [-0.3, -0.25) is 0 Å². The van der Waals surface area contributed by atoms with Crippen molar-refractivity contribution < 1.29 is 8.78 Å². The van der Waals surface area contributed by atoms with Crippen molar-refractivity contribution in [2.24, 2.45) is 0 Å². The Morgan fingerprint density at radius 3 is 2.41 bits per heavy atom. The lowest BCUT2D eigenvalue weighted by Gasteiger charge is -2.14. The van der Waals surface area contributed by atoms with Crippen molar-refractivity contribution >= 4 is 11.3 Å². The standard InChI is InChI=1S/C13H13F2NS/c1-13(2,3)11-7-17-12(16-11)9-5-4-8(14)6-10(9)15/h4-7H,1-3H3. The van der Waals surface area contributed by atoms with Crippen LogP contribution >= 0.6 is 11.3 Å². The van der Waals surface area contributed by atoms with Gasteiger partial charge in [0, 0.05) is 22.4 Å².